The molecule has 0 aliphatic heterocycles. The van der Waals surface area contributed by atoms with Crippen molar-refractivity contribution in [2.24, 2.45) is 11.8 Å². The molecule has 486 valence electrons. The number of phosphoric ester groups is 2. The van der Waals surface area contributed by atoms with E-state index in [0.717, 1.165) is 109 Å². The molecule has 0 spiro atoms. The van der Waals surface area contributed by atoms with Crippen LogP contribution in [-0.4, -0.2) is 96.7 Å². The van der Waals surface area contributed by atoms with Crippen molar-refractivity contribution >= 4 is 39.5 Å². The zero-order valence-electron chi connectivity index (χ0n) is 52.8. The first-order valence-electron chi connectivity index (χ1n) is 33.0. The highest BCUT2D eigenvalue weighted by atomic mass is 31.2. The van der Waals surface area contributed by atoms with Gasteiger partial charge in [0.15, 0.2) is 12.2 Å². The molecule has 0 aliphatic rings. The van der Waals surface area contributed by atoms with Crippen molar-refractivity contribution in [3.05, 3.63) is 0 Å². The lowest BCUT2D eigenvalue weighted by molar-refractivity contribution is -0.161. The zero-order valence-corrected chi connectivity index (χ0v) is 54.6. The van der Waals surface area contributed by atoms with Crippen LogP contribution in [0.1, 0.15) is 311 Å². The van der Waals surface area contributed by atoms with Crippen LogP contribution in [-0.2, 0) is 65.4 Å². The van der Waals surface area contributed by atoms with E-state index < -0.39 is 97.5 Å². The van der Waals surface area contributed by atoms with Crippen LogP contribution in [0, 0.1) is 11.8 Å². The van der Waals surface area contributed by atoms with E-state index in [1.165, 1.54) is 116 Å². The molecule has 0 saturated heterocycles. The first-order valence-corrected chi connectivity index (χ1v) is 36.0. The number of rotatable bonds is 62. The smallest absolute Gasteiger partial charge is 0.462 e. The van der Waals surface area contributed by atoms with Gasteiger partial charge in [0.25, 0.3) is 0 Å². The minimum atomic E-state index is -4.94. The summed E-state index contributed by atoms with van der Waals surface area (Å²) in [6.07, 6.45) is 37.7. The fourth-order valence-corrected chi connectivity index (χ4v) is 10.9. The predicted octanol–water partition coefficient (Wildman–Crippen LogP) is 17.3. The normalized spacial score (nSPS) is 14.3. The molecule has 3 N–H and O–H groups in total. The Hall–Kier alpha value is -1.94. The van der Waals surface area contributed by atoms with Crippen LogP contribution in [0.2, 0.25) is 0 Å². The Bertz CT molecular complexity index is 1620. The second-order valence-corrected chi connectivity index (χ2v) is 26.7. The summed E-state index contributed by atoms with van der Waals surface area (Å²) in [6, 6.07) is 0. The van der Waals surface area contributed by atoms with Crippen LogP contribution >= 0.6 is 15.6 Å². The summed E-state index contributed by atoms with van der Waals surface area (Å²) in [6.45, 7) is 9.40. The van der Waals surface area contributed by atoms with Gasteiger partial charge in [-0.25, -0.2) is 9.13 Å². The number of aliphatic hydroxyl groups is 1. The molecule has 0 aromatic rings. The molecule has 0 bridgehead atoms. The second-order valence-electron chi connectivity index (χ2n) is 23.7. The first-order chi connectivity index (χ1) is 39.4. The largest absolute Gasteiger partial charge is 0.472 e. The second kappa shape index (κ2) is 55.6. The fraction of sp³-hybridized carbons (Fsp3) is 0.937. The average molecular weight is 1210 g/mol. The summed E-state index contributed by atoms with van der Waals surface area (Å²) in [5, 5.41) is 10.5. The Labute approximate surface area is 498 Å². The van der Waals surface area contributed by atoms with Gasteiger partial charge in [0, 0.05) is 25.7 Å². The standard InChI is InChI=1S/C63H122O17P2/c1-7-9-11-13-15-21-28-35-41-47-62(67)79-58(51-73-60(65)45-39-33-27-16-14-12-10-8-2)53-77-81(69,70)75-49-57(64)50-76-82(71,72)78-54-59(52-74-61(66)46-40-34-30-24-26-32-38-44-56(5)6)80-63(68)48-42-36-29-23-20-18-17-19-22-25-31-37-43-55(3)4/h55-59,64H,7-54H2,1-6H3,(H,69,70)(H,71,72)/t57-,58+,59+/m0/s1. The molecule has 0 rings (SSSR count). The molecule has 0 aromatic heterocycles. The van der Waals surface area contributed by atoms with E-state index in [1.807, 2.05) is 0 Å². The Morgan fingerprint density at radius 3 is 0.829 bits per heavy atom. The monoisotopic (exact) mass is 1210 g/mol. The molecule has 0 fully saturated rings. The molecule has 82 heavy (non-hydrogen) atoms. The van der Waals surface area contributed by atoms with Gasteiger partial charge in [-0.1, -0.05) is 260 Å². The number of carbonyl (C=O) groups excluding carboxylic acids is 4. The quantitative estimate of drug-likeness (QED) is 0.0222. The number of unbranched alkanes of at least 4 members (excludes halogenated alkanes) is 32. The summed E-state index contributed by atoms with van der Waals surface area (Å²) < 4.78 is 67.9. The summed E-state index contributed by atoms with van der Waals surface area (Å²) >= 11 is 0. The first kappa shape index (κ1) is 80.1. The predicted molar refractivity (Wildman–Crippen MR) is 326 cm³/mol. The maximum absolute atomic E-state index is 13.0. The van der Waals surface area contributed by atoms with Crippen LogP contribution in [0.5, 0.6) is 0 Å². The Kier molecular flexibility index (Phi) is 54.3. The molecule has 0 aliphatic carbocycles. The topological polar surface area (TPSA) is 237 Å². The molecule has 0 aromatic carbocycles. The number of esters is 4. The summed E-state index contributed by atoms with van der Waals surface area (Å²) in [5.74, 6) is -0.657. The number of carbonyl (C=O) groups is 4. The molecule has 17 nitrogen and oxygen atoms in total. The maximum Gasteiger partial charge on any atom is 0.472 e. The van der Waals surface area contributed by atoms with Gasteiger partial charge < -0.3 is 33.8 Å². The van der Waals surface area contributed by atoms with Gasteiger partial charge in [-0.15, -0.1) is 0 Å². The number of hydrogen-bond acceptors (Lipinski definition) is 15. The van der Waals surface area contributed by atoms with Gasteiger partial charge in [0.05, 0.1) is 26.4 Å². The highest BCUT2D eigenvalue weighted by Crippen LogP contribution is 2.45. The van der Waals surface area contributed by atoms with Crippen LogP contribution in [0.15, 0.2) is 0 Å². The van der Waals surface area contributed by atoms with Crippen LogP contribution < -0.4 is 0 Å². The van der Waals surface area contributed by atoms with Crippen LogP contribution in [0.4, 0.5) is 0 Å². The molecular formula is C63H122O17P2. The molecule has 0 saturated carbocycles. The summed E-state index contributed by atoms with van der Waals surface area (Å²) in [5.41, 5.74) is 0. The molecule has 19 heteroatoms. The van der Waals surface area contributed by atoms with Gasteiger partial charge in [0.1, 0.15) is 19.3 Å². The van der Waals surface area contributed by atoms with E-state index in [2.05, 4.69) is 41.5 Å². The van der Waals surface area contributed by atoms with Crippen molar-refractivity contribution in [2.45, 2.75) is 330 Å². The fourth-order valence-electron chi connectivity index (χ4n) is 9.35. The molecular weight excluding hydrogens is 1090 g/mol. The van der Waals surface area contributed by atoms with Crippen molar-refractivity contribution in [3.8, 4) is 0 Å². The van der Waals surface area contributed by atoms with Gasteiger partial charge in [-0.05, 0) is 37.5 Å². The molecule has 2 unspecified atom stereocenters. The maximum atomic E-state index is 13.0. The lowest BCUT2D eigenvalue weighted by Crippen LogP contribution is -2.30. The Morgan fingerprint density at radius 2 is 0.561 bits per heavy atom. The average Bonchev–Trinajstić information content (AvgIpc) is 3.43. The lowest BCUT2D eigenvalue weighted by atomic mass is 10.0. The SMILES string of the molecule is CCCCCCCCCCCC(=O)O[C@H](COC(=O)CCCCCCCCCC)COP(=O)(O)OC[C@H](O)COP(=O)(O)OC[C@@H](COC(=O)CCCCCCCCCC(C)C)OC(=O)CCCCCCCCCCCCCCC(C)C. The third-order valence-corrected chi connectivity index (χ3v) is 16.4. The van der Waals surface area contributed by atoms with Gasteiger partial charge in [0.2, 0.25) is 0 Å². The van der Waals surface area contributed by atoms with Crippen LogP contribution in [0.25, 0.3) is 0 Å². The minimum absolute atomic E-state index is 0.105. The number of hydrogen-bond donors (Lipinski definition) is 3. The number of aliphatic hydroxyl groups excluding tert-OH is 1. The number of ether oxygens (including phenoxy) is 4. The van der Waals surface area contributed by atoms with Gasteiger partial charge in [-0.2, -0.15) is 0 Å². The van der Waals surface area contributed by atoms with E-state index >= 15 is 0 Å². The zero-order chi connectivity index (χ0) is 60.8. The molecule has 0 radical (unpaired) electrons. The highest BCUT2D eigenvalue weighted by Gasteiger charge is 2.30. The van der Waals surface area contributed by atoms with E-state index in [1.54, 1.807) is 0 Å². The van der Waals surface area contributed by atoms with Crippen molar-refractivity contribution in [1.82, 2.24) is 0 Å². The third kappa shape index (κ3) is 57.2. The molecule has 0 heterocycles. The van der Waals surface area contributed by atoms with Crippen molar-refractivity contribution in [2.75, 3.05) is 39.6 Å². The number of phosphoric acid groups is 2. The lowest BCUT2D eigenvalue weighted by Gasteiger charge is -2.21. The minimum Gasteiger partial charge on any atom is -0.462 e. The highest BCUT2D eigenvalue weighted by molar-refractivity contribution is 7.47. The van der Waals surface area contributed by atoms with Crippen LogP contribution in [0.3, 0.4) is 0 Å². The third-order valence-electron chi connectivity index (χ3n) is 14.5. The summed E-state index contributed by atoms with van der Waals surface area (Å²) in [4.78, 5) is 72.0. The van der Waals surface area contributed by atoms with E-state index in [9.17, 15) is 43.2 Å². The van der Waals surface area contributed by atoms with E-state index in [-0.39, 0.29) is 25.7 Å². The van der Waals surface area contributed by atoms with Crippen molar-refractivity contribution in [3.63, 3.8) is 0 Å². The summed E-state index contributed by atoms with van der Waals surface area (Å²) in [7, 11) is -9.88. The van der Waals surface area contributed by atoms with Gasteiger partial charge in [-0.3, -0.25) is 37.3 Å². The van der Waals surface area contributed by atoms with Crippen molar-refractivity contribution in [1.29, 1.82) is 0 Å². The van der Waals surface area contributed by atoms with Crippen molar-refractivity contribution < 1.29 is 80.2 Å². The van der Waals surface area contributed by atoms with E-state index in [4.69, 9.17) is 37.0 Å². The Morgan fingerprint density at radius 1 is 0.329 bits per heavy atom. The molecule has 5 atom stereocenters. The van der Waals surface area contributed by atoms with Gasteiger partial charge >= 0.3 is 39.5 Å². The van der Waals surface area contributed by atoms with E-state index in [0.29, 0.717) is 31.6 Å². The molecule has 0 amide bonds. The Balaban J connectivity index is 5.21.